The van der Waals surface area contributed by atoms with Crippen LogP contribution in [0.3, 0.4) is 0 Å². The summed E-state index contributed by atoms with van der Waals surface area (Å²) < 4.78 is 0. The summed E-state index contributed by atoms with van der Waals surface area (Å²) in [6, 6.07) is 10.0. The highest BCUT2D eigenvalue weighted by molar-refractivity contribution is 7.99. The second-order valence-corrected chi connectivity index (χ2v) is 6.87. The lowest BCUT2D eigenvalue weighted by molar-refractivity contribution is 0.135. The molecule has 1 aromatic rings. The van der Waals surface area contributed by atoms with Crippen LogP contribution in [-0.2, 0) is 5.41 Å². The smallest absolute Gasteiger partial charge is 0.407 e. The molecule has 0 saturated heterocycles. The molecule has 1 rings (SSSR count). The van der Waals surface area contributed by atoms with Gasteiger partial charge in [0.15, 0.2) is 0 Å². The van der Waals surface area contributed by atoms with Crippen molar-refractivity contribution in [2.45, 2.75) is 25.7 Å². The normalized spacial score (nSPS) is 11.4. The van der Waals surface area contributed by atoms with Gasteiger partial charge in [-0.05, 0) is 17.7 Å². The fourth-order valence-electron chi connectivity index (χ4n) is 2.22. The van der Waals surface area contributed by atoms with Crippen molar-refractivity contribution in [1.29, 1.82) is 0 Å². The first-order chi connectivity index (χ1) is 9.97. The van der Waals surface area contributed by atoms with Crippen molar-refractivity contribution in [1.82, 2.24) is 4.90 Å². The van der Waals surface area contributed by atoms with E-state index < -0.39 is 6.09 Å². The summed E-state index contributed by atoms with van der Waals surface area (Å²) >= 11 is 1.65. The van der Waals surface area contributed by atoms with E-state index in [4.69, 9.17) is 5.11 Å². The average molecular weight is 311 g/mol. The molecular weight excluding hydrogens is 286 g/mol. The molecule has 1 aromatic carbocycles. The molecule has 0 aliphatic rings. The molecule has 0 bridgehead atoms. The van der Waals surface area contributed by atoms with Crippen LogP contribution < -0.4 is 0 Å². The molecule has 2 N–H and O–H groups in total. The van der Waals surface area contributed by atoms with Crippen molar-refractivity contribution in [3.05, 3.63) is 35.9 Å². The number of benzene rings is 1. The Morgan fingerprint density at radius 1 is 1.24 bits per heavy atom. The Hall–Kier alpha value is -1.20. The third-order valence-corrected chi connectivity index (χ3v) is 4.41. The van der Waals surface area contributed by atoms with Gasteiger partial charge in [0.05, 0.1) is 6.61 Å². The summed E-state index contributed by atoms with van der Waals surface area (Å²) in [5, 5.41) is 18.1. The largest absolute Gasteiger partial charge is 0.465 e. The van der Waals surface area contributed by atoms with E-state index >= 15 is 0 Å². The molecule has 0 aliphatic heterocycles. The van der Waals surface area contributed by atoms with Crippen LogP contribution in [0.25, 0.3) is 0 Å². The molecular formula is C16H25NO3S. The van der Waals surface area contributed by atoms with E-state index in [1.807, 2.05) is 30.3 Å². The van der Waals surface area contributed by atoms with Gasteiger partial charge in [-0.25, -0.2) is 4.79 Å². The van der Waals surface area contributed by atoms with Crippen molar-refractivity contribution in [2.75, 3.05) is 31.2 Å². The first-order valence-corrected chi connectivity index (χ1v) is 8.35. The van der Waals surface area contributed by atoms with Gasteiger partial charge in [0, 0.05) is 24.3 Å². The third-order valence-electron chi connectivity index (χ3n) is 3.36. The Bertz CT molecular complexity index is 423. The zero-order chi connectivity index (χ0) is 15.7. The molecule has 118 valence electrons. The number of rotatable bonds is 9. The Morgan fingerprint density at radius 2 is 1.90 bits per heavy atom. The molecule has 5 heteroatoms. The van der Waals surface area contributed by atoms with E-state index in [2.05, 4.69) is 13.8 Å². The van der Waals surface area contributed by atoms with Crippen LogP contribution in [0.2, 0.25) is 0 Å². The third kappa shape index (κ3) is 6.40. The van der Waals surface area contributed by atoms with Gasteiger partial charge in [-0.15, -0.1) is 0 Å². The lowest BCUT2D eigenvalue weighted by atomic mass is 9.84. The van der Waals surface area contributed by atoms with E-state index in [0.29, 0.717) is 18.8 Å². The molecule has 4 nitrogen and oxygen atoms in total. The molecule has 0 heterocycles. The number of nitrogens with zero attached hydrogens (tertiary/aromatic N) is 1. The van der Waals surface area contributed by atoms with E-state index in [9.17, 15) is 9.90 Å². The number of hydrogen-bond acceptors (Lipinski definition) is 3. The van der Waals surface area contributed by atoms with Gasteiger partial charge in [-0.1, -0.05) is 44.2 Å². The van der Waals surface area contributed by atoms with Gasteiger partial charge in [0.25, 0.3) is 0 Å². The minimum absolute atomic E-state index is 0.175. The lowest BCUT2D eigenvalue weighted by Gasteiger charge is -2.31. The Kier molecular flexibility index (Phi) is 7.61. The summed E-state index contributed by atoms with van der Waals surface area (Å²) in [5.74, 6) is 1.58. The summed E-state index contributed by atoms with van der Waals surface area (Å²) in [7, 11) is 0. The molecule has 0 fully saturated rings. The van der Waals surface area contributed by atoms with Crippen molar-refractivity contribution in [2.24, 2.45) is 0 Å². The van der Waals surface area contributed by atoms with Crippen LogP contribution in [0, 0.1) is 0 Å². The van der Waals surface area contributed by atoms with Crippen LogP contribution in [0.4, 0.5) is 4.79 Å². The molecule has 0 aromatic heterocycles. The number of thioether (sulfide) groups is 1. The predicted octanol–water partition coefficient (Wildman–Crippen LogP) is 3.06. The summed E-state index contributed by atoms with van der Waals surface area (Å²) in [6.07, 6.45) is -0.0619. The molecule has 0 atom stereocenters. The topological polar surface area (TPSA) is 60.8 Å². The molecule has 0 saturated carbocycles. The average Bonchev–Trinajstić information content (AvgIpc) is 2.46. The van der Waals surface area contributed by atoms with E-state index in [0.717, 1.165) is 17.7 Å². The molecule has 0 aliphatic carbocycles. The first-order valence-electron chi connectivity index (χ1n) is 7.19. The van der Waals surface area contributed by atoms with Gasteiger partial charge in [0.1, 0.15) is 0 Å². The second kappa shape index (κ2) is 8.95. The molecule has 0 unspecified atom stereocenters. The highest BCUT2D eigenvalue weighted by atomic mass is 32.2. The number of aliphatic hydroxyl groups is 1. The standard InChI is InChI=1S/C16H25NO3S/c1-16(2,14-7-4-3-5-8-14)13-17(15(19)20)9-6-11-21-12-10-18/h3-5,7-8,18H,6,9-13H2,1-2H3,(H,19,20). The maximum absolute atomic E-state index is 11.4. The first kappa shape index (κ1) is 17.9. The van der Waals surface area contributed by atoms with Crippen LogP contribution >= 0.6 is 11.8 Å². The summed E-state index contributed by atoms with van der Waals surface area (Å²) in [6.45, 7) is 5.33. The monoisotopic (exact) mass is 311 g/mol. The zero-order valence-electron chi connectivity index (χ0n) is 12.8. The number of aliphatic hydroxyl groups excluding tert-OH is 1. The fraction of sp³-hybridized carbons (Fsp3) is 0.562. The number of carbonyl (C=O) groups is 1. The summed E-state index contributed by atoms with van der Waals surface area (Å²) in [5.41, 5.74) is 0.934. The molecule has 1 amide bonds. The molecule has 0 radical (unpaired) electrons. The minimum Gasteiger partial charge on any atom is -0.465 e. The van der Waals surface area contributed by atoms with Crippen LogP contribution in [0.15, 0.2) is 30.3 Å². The fourth-order valence-corrected chi connectivity index (χ4v) is 2.89. The Labute approximate surface area is 131 Å². The van der Waals surface area contributed by atoms with Gasteiger partial charge in [-0.2, -0.15) is 11.8 Å². The van der Waals surface area contributed by atoms with Gasteiger partial charge >= 0.3 is 6.09 Å². The molecule has 0 spiro atoms. The highest BCUT2D eigenvalue weighted by Gasteiger charge is 2.26. The van der Waals surface area contributed by atoms with Crippen LogP contribution in [-0.4, -0.2) is 52.4 Å². The van der Waals surface area contributed by atoms with Crippen molar-refractivity contribution >= 4 is 17.9 Å². The maximum Gasteiger partial charge on any atom is 0.407 e. The van der Waals surface area contributed by atoms with Crippen LogP contribution in [0.5, 0.6) is 0 Å². The maximum atomic E-state index is 11.4. The Morgan fingerprint density at radius 3 is 2.48 bits per heavy atom. The minimum atomic E-state index is -0.869. The summed E-state index contributed by atoms with van der Waals surface area (Å²) in [4.78, 5) is 12.9. The number of amides is 1. The second-order valence-electron chi connectivity index (χ2n) is 5.64. The van der Waals surface area contributed by atoms with Crippen LogP contribution in [0.1, 0.15) is 25.8 Å². The van der Waals surface area contributed by atoms with Crippen molar-refractivity contribution in [3.63, 3.8) is 0 Å². The van der Waals surface area contributed by atoms with Gasteiger partial charge in [-0.3, -0.25) is 0 Å². The van der Waals surface area contributed by atoms with Gasteiger partial charge in [0.2, 0.25) is 0 Å². The number of hydrogen-bond donors (Lipinski definition) is 2. The quantitative estimate of drug-likeness (QED) is 0.688. The van der Waals surface area contributed by atoms with Gasteiger partial charge < -0.3 is 15.1 Å². The lowest BCUT2D eigenvalue weighted by Crippen LogP contribution is -2.40. The highest BCUT2D eigenvalue weighted by Crippen LogP contribution is 2.24. The SMILES string of the molecule is CC(C)(CN(CCCSCCO)C(=O)O)c1ccccc1. The van der Waals surface area contributed by atoms with E-state index in [1.165, 1.54) is 4.90 Å². The van der Waals surface area contributed by atoms with Crippen molar-refractivity contribution < 1.29 is 15.0 Å². The predicted molar refractivity (Wildman–Crippen MR) is 88.1 cm³/mol. The molecule has 21 heavy (non-hydrogen) atoms. The number of carboxylic acid groups (broad SMARTS) is 1. The Balaban J connectivity index is 2.55. The van der Waals surface area contributed by atoms with Crippen molar-refractivity contribution in [3.8, 4) is 0 Å². The van der Waals surface area contributed by atoms with E-state index in [1.54, 1.807) is 11.8 Å². The zero-order valence-corrected chi connectivity index (χ0v) is 13.6. The van der Waals surface area contributed by atoms with E-state index in [-0.39, 0.29) is 12.0 Å².